The molecule has 2 atom stereocenters. The molecule has 4 rings (SSSR count). The molecule has 1 aromatic carbocycles. The van der Waals surface area contributed by atoms with Crippen LogP contribution < -0.4 is 4.90 Å². The second kappa shape index (κ2) is 9.63. The SMILES string of the molecule is CC1CC(n2nc(-c3ccc(N(C)C)cc3F)nc2COC2CCOCC2)CC(C)O1. The summed E-state index contributed by atoms with van der Waals surface area (Å²) in [7, 11) is 3.78. The van der Waals surface area contributed by atoms with Gasteiger partial charge in [0, 0.05) is 33.0 Å². The maximum atomic E-state index is 14.9. The Balaban J connectivity index is 1.62. The topological polar surface area (TPSA) is 61.6 Å². The van der Waals surface area contributed by atoms with Crippen LogP contribution in [0.2, 0.25) is 0 Å². The summed E-state index contributed by atoms with van der Waals surface area (Å²) in [5.74, 6) is 0.818. The highest BCUT2D eigenvalue weighted by Crippen LogP contribution is 2.32. The highest BCUT2D eigenvalue weighted by Gasteiger charge is 2.29. The molecule has 1 aromatic heterocycles. The van der Waals surface area contributed by atoms with Crippen LogP contribution in [0.15, 0.2) is 18.2 Å². The van der Waals surface area contributed by atoms with Gasteiger partial charge in [0.1, 0.15) is 12.4 Å². The molecule has 8 heteroatoms. The van der Waals surface area contributed by atoms with Crippen LogP contribution in [-0.4, -0.2) is 60.4 Å². The number of nitrogens with zero attached hydrogens (tertiary/aromatic N) is 4. The lowest BCUT2D eigenvalue weighted by atomic mass is 10.00. The smallest absolute Gasteiger partial charge is 0.184 e. The number of rotatable bonds is 6. The van der Waals surface area contributed by atoms with E-state index in [2.05, 4.69) is 13.8 Å². The number of aromatic nitrogens is 3. The van der Waals surface area contributed by atoms with Gasteiger partial charge in [0.15, 0.2) is 11.6 Å². The molecule has 2 aromatic rings. The van der Waals surface area contributed by atoms with Crippen molar-refractivity contribution in [3.8, 4) is 11.4 Å². The minimum absolute atomic E-state index is 0.141. The molecule has 0 amide bonds. The molecular formula is C23H33FN4O3. The molecule has 2 fully saturated rings. The van der Waals surface area contributed by atoms with Gasteiger partial charge >= 0.3 is 0 Å². The monoisotopic (exact) mass is 432 g/mol. The summed E-state index contributed by atoms with van der Waals surface area (Å²) < 4.78 is 34.3. The summed E-state index contributed by atoms with van der Waals surface area (Å²) in [5, 5.41) is 4.76. The van der Waals surface area contributed by atoms with Gasteiger partial charge in [0.2, 0.25) is 0 Å². The van der Waals surface area contributed by atoms with Crippen LogP contribution in [0.5, 0.6) is 0 Å². The molecule has 2 unspecified atom stereocenters. The van der Waals surface area contributed by atoms with Crippen molar-refractivity contribution < 1.29 is 18.6 Å². The molecule has 0 saturated carbocycles. The Morgan fingerprint density at radius 2 is 1.87 bits per heavy atom. The van der Waals surface area contributed by atoms with Gasteiger partial charge in [0.05, 0.1) is 29.9 Å². The van der Waals surface area contributed by atoms with Crippen molar-refractivity contribution in [1.82, 2.24) is 14.8 Å². The third-order valence-electron chi connectivity index (χ3n) is 6.05. The Hall–Kier alpha value is -2.03. The minimum atomic E-state index is -0.325. The molecule has 31 heavy (non-hydrogen) atoms. The third-order valence-corrected chi connectivity index (χ3v) is 6.05. The molecule has 0 N–H and O–H groups in total. The Morgan fingerprint density at radius 1 is 1.16 bits per heavy atom. The van der Waals surface area contributed by atoms with Gasteiger partial charge in [0.25, 0.3) is 0 Å². The number of hydrogen-bond donors (Lipinski definition) is 0. The van der Waals surface area contributed by atoms with E-state index >= 15 is 0 Å². The molecule has 7 nitrogen and oxygen atoms in total. The first-order valence-corrected chi connectivity index (χ1v) is 11.2. The third kappa shape index (κ3) is 5.25. The van der Waals surface area contributed by atoms with Crippen LogP contribution in [-0.2, 0) is 20.8 Å². The molecule has 0 bridgehead atoms. The number of anilines is 1. The second-order valence-corrected chi connectivity index (χ2v) is 8.86. The van der Waals surface area contributed by atoms with Gasteiger partial charge in [-0.05, 0) is 57.7 Å². The molecule has 2 saturated heterocycles. The highest BCUT2D eigenvalue weighted by atomic mass is 19.1. The summed E-state index contributed by atoms with van der Waals surface area (Å²) in [4.78, 5) is 6.60. The first-order chi connectivity index (χ1) is 14.9. The number of ether oxygens (including phenoxy) is 3. The predicted octanol–water partition coefficient (Wildman–Crippen LogP) is 3.97. The fourth-order valence-corrected chi connectivity index (χ4v) is 4.43. The number of halogens is 1. The highest BCUT2D eigenvalue weighted by molar-refractivity contribution is 5.61. The quantitative estimate of drug-likeness (QED) is 0.688. The maximum Gasteiger partial charge on any atom is 0.184 e. The molecular weight excluding hydrogens is 399 g/mol. The van der Waals surface area contributed by atoms with E-state index in [4.69, 9.17) is 24.3 Å². The van der Waals surface area contributed by atoms with E-state index in [0.29, 0.717) is 18.0 Å². The normalized spacial score (nSPS) is 25.0. The summed E-state index contributed by atoms with van der Waals surface area (Å²) >= 11 is 0. The van der Waals surface area contributed by atoms with E-state index in [0.717, 1.165) is 50.4 Å². The van der Waals surface area contributed by atoms with Crippen molar-refractivity contribution in [2.45, 2.75) is 70.5 Å². The van der Waals surface area contributed by atoms with E-state index in [9.17, 15) is 4.39 Å². The van der Waals surface area contributed by atoms with Crippen molar-refractivity contribution in [3.05, 3.63) is 29.8 Å². The van der Waals surface area contributed by atoms with E-state index in [1.165, 1.54) is 6.07 Å². The minimum Gasteiger partial charge on any atom is -0.381 e. The lowest BCUT2D eigenvalue weighted by Crippen LogP contribution is -2.32. The van der Waals surface area contributed by atoms with E-state index in [1.807, 2.05) is 29.7 Å². The fourth-order valence-electron chi connectivity index (χ4n) is 4.43. The molecule has 2 aliphatic heterocycles. The van der Waals surface area contributed by atoms with Crippen molar-refractivity contribution in [2.24, 2.45) is 0 Å². The predicted molar refractivity (Wildman–Crippen MR) is 117 cm³/mol. The van der Waals surface area contributed by atoms with Gasteiger partial charge in [-0.1, -0.05) is 0 Å². The lowest BCUT2D eigenvalue weighted by molar-refractivity contribution is -0.0565. The van der Waals surface area contributed by atoms with E-state index in [1.54, 1.807) is 6.07 Å². The van der Waals surface area contributed by atoms with Gasteiger partial charge in [-0.25, -0.2) is 14.1 Å². The largest absolute Gasteiger partial charge is 0.381 e. The van der Waals surface area contributed by atoms with Crippen molar-refractivity contribution in [2.75, 3.05) is 32.2 Å². The molecule has 3 heterocycles. The van der Waals surface area contributed by atoms with Crippen LogP contribution in [0.1, 0.15) is 51.4 Å². The van der Waals surface area contributed by atoms with Crippen molar-refractivity contribution >= 4 is 5.69 Å². The molecule has 0 aliphatic carbocycles. The van der Waals surface area contributed by atoms with Crippen molar-refractivity contribution in [1.29, 1.82) is 0 Å². The number of hydrogen-bond acceptors (Lipinski definition) is 6. The average Bonchev–Trinajstić information content (AvgIpc) is 3.16. The Bertz CT molecular complexity index is 872. The summed E-state index contributed by atoms with van der Waals surface area (Å²) in [6.07, 6.45) is 3.90. The molecule has 0 radical (unpaired) electrons. The Labute approximate surface area is 183 Å². The van der Waals surface area contributed by atoms with Crippen molar-refractivity contribution in [3.63, 3.8) is 0 Å². The molecule has 0 spiro atoms. The van der Waals surface area contributed by atoms with E-state index in [-0.39, 0.29) is 30.2 Å². The van der Waals surface area contributed by atoms with Crippen LogP contribution in [0, 0.1) is 5.82 Å². The van der Waals surface area contributed by atoms with E-state index < -0.39 is 0 Å². The summed E-state index contributed by atoms with van der Waals surface area (Å²) in [6.45, 7) is 5.97. The number of benzene rings is 1. The summed E-state index contributed by atoms with van der Waals surface area (Å²) in [5.41, 5.74) is 1.21. The zero-order chi connectivity index (χ0) is 22.0. The zero-order valence-electron chi connectivity index (χ0n) is 18.9. The molecule has 2 aliphatic rings. The first-order valence-electron chi connectivity index (χ1n) is 11.2. The summed E-state index contributed by atoms with van der Waals surface area (Å²) in [6, 6.07) is 5.31. The van der Waals surface area contributed by atoms with Gasteiger partial charge in [-0.3, -0.25) is 0 Å². The van der Waals surface area contributed by atoms with Gasteiger partial charge in [-0.2, -0.15) is 5.10 Å². The van der Waals surface area contributed by atoms with Crippen LogP contribution >= 0.6 is 0 Å². The average molecular weight is 433 g/mol. The Kier molecular flexibility index (Phi) is 6.89. The van der Waals surface area contributed by atoms with Gasteiger partial charge < -0.3 is 19.1 Å². The van der Waals surface area contributed by atoms with Gasteiger partial charge in [-0.15, -0.1) is 0 Å². The van der Waals surface area contributed by atoms with Crippen LogP contribution in [0.25, 0.3) is 11.4 Å². The zero-order valence-corrected chi connectivity index (χ0v) is 18.9. The maximum absolute atomic E-state index is 14.9. The lowest BCUT2D eigenvalue weighted by Gasteiger charge is -2.32. The standard InChI is InChI=1S/C23H33FN4O3/c1-15-11-18(12-16(2)31-15)28-22(14-30-19-7-9-29-10-8-19)25-23(26-28)20-6-5-17(27(3)4)13-21(20)24/h5-6,13,15-16,18-19H,7-12,14H2,1-4H3. The van der Waals surface area contributed by atoms with Crippen LogP contribution in [0.4, 0.5) is 10.1 Å². The fraction of sp³-hybridized carbons (Fsp3) is 0.652. The Morgan fingerprint density at radius 3 is 2.52 bits per heavy atom. The van der Waals surface area contributed by atoms with Crippen LogP contribution in [0.3, 0.4) is 0 Å². The second-order valence-electron chi connectivity index (χ2n) is 8.86. The molecule has 170 valence electrons. The first kappa shape index (κ1) is 22.2.